The largest absolute Gasteiger partial charge is 0.465 e. The Labute approximate surface area is 161 Å². The summed E-state index contributed by atoms with van der Waals surface area (Å²) in [4.78, 5) is 25.6. The molecular weight excluding hydrogens is 356 g/mol. The highest BCUT2D eigenvalue weighted by Gasteiger charge is 2.17. The van der Waals surface area contributed by atoms with Crippen LogP contribution in [0, 0.1) is 12.8 Å². The van der Waals surface area contributed by atoms with E-state index in [4.69, 9.17) is 4.42 Å². The summed E-state index contributed by atoms with van der Waals surface area (Å²) in [6, 6.07) is 12.8. The summed E-state index contributed by atoms with van der Waals surface area (Å²) >= 11 is 0. The van der Waals surface area contributed by atoms with Crippen molar-refractivity contribution in [1.82, 2.24) is 19.5 Å². The molecule has 3 aromatic heterocycles. The van der Waals surface area contributed by atoms with E-state index in [-0.39, 0.29) is 23.7 Å². The third kappa shape index (κ3) is 3.19. The minimum atomic E-state index is -0.350. The summed E-state index contributed by atoms with van der Waals surface area (Å²) in [6.45, 7) is 6.84. The van der Waals surface area contributed by atoms with Crippen LogP contribution in [0.25, 0.3) is 16.6 Å². The minimum Gasteiger partial charge on any atom is -0.465 e. The van der Waals surface area contributed by atoms with Gasteiger partial charge in [0, 0.05) is 12.6 Å². The highest BCUT2D eigenvalue weighted by Crippen LogP contribution is 2.16. The molecule has 0 atom stereocenters. The minimum absolute atomic E-state index is 0.152. The van der Waals surface area contributed by atoms with Crippen molar-refractivity contribution in [2.75, 3.05) is 0 Å². The fourth-order valence-corrected chi connectivity index (χ4v) is 3.33. The summed E-state index contributed by atoms with van der Waals surface area (Å²) in [7, 11) is 0. The van der Waals surface area contributed by atoms with E-state index in [1.54, 1.807) is 15.1 Å². The molecule has 0 saturated carbocycles. The molecule has 144 valence electrons. The number of fused-ring (bicyclic) bond motifs is 3. The van der Waals surface area contributed by atoms with Crippen LogP contribution < -0.4 is 10.9 Å². The molecule has 0 bridgehead atoms. The van der Waals surface area contributed by atoms with Gasteiger partial charge in [0.05, 0.1) is 17.6 Å². The van der Waals surface area contributed by atoms with E-state index in [1.807, 2.05) is 43.3 Å². The van der Waals surface area contributed by atoms with Crippen molar-refractivity contribution >= 4 is 22.5 Å². The highest BCUT2D eigenvalue weighted by molar-refractivity contribution is 5.94. The number of nitrogens with one attached hydrogen (secondary N) is 1. The predicted octanol–water partition coefficient (Wildman–Crippen LogP) is 3.14. The lowest BCUT2D eigenvalue weighted by molar-refractivity contribution is 0.0942. The van der Waals surface area contributed by atoms with Crippen LogP contribution in [0.2, 0.25) is 0 Å². The number of aryl methyl sites for hydroxylation is 1. The first-order valence-corrected chi connectivity index (χ1v) is 9.29. The smallest absolute Gasteiger partial charge is 0.277 e. The maximum Gasteiger partial charge on any atom is 0.277 e. The molecule has 7 nitrogen and oxygen atoms in total. The van der Waals surface area contributed by atoms with Crippen LogP contribution in [0.1, 0.15) is 35.9 Å². The topological polar surface area (TPSA) is 81.5 Å². The van der Waals surface area contributed by atoms with Crippen molar-refractivity contribution in [3.05, 3.63) is 70.0 Å². The number of nitrogens with zero attached hydrogens (tertiary/aromatic N) is 3. The van der Waals surface area contributed by atoms with Gasteiger partial charge in [0.15, 0.2) is 5.69 Å². The number of carbonyl (C=O) groups is 1. The molecule has 0 saturated heterocycles. The van der Waals surface area contributed by atoms with Crippen molar-refractivity contribution in [2.45, 2.75) is 33.9 Å². The van der Waals surface area contributed by atoms with Gasteiger partial charge in [-0.05, 0) is 37.1 Å². The van der Waals surface area contributed by atoms with Crippen LogP contribution in [0.5, 0.6) is 0 Å². The molecule has 0 aliphatic heterocycles. The number of para-hydroxylation sites is 2. The molecule has 0 spiro atoms. The zero-order valence-corrected chi connectivity index (χ0v) is 16.1. The Morgan fingerprint density at radius 2 is 1.89 bits per heavy atom. The molecule has 4 aromatic rings. The number of benzene rings is 1. The first-order valence-electron chi connectivity index (χ1n) is 9.29. The van der Waals surface area contributed by atoms with Crippen LogP contribution in [-0.4, -0.2) is 20.1 Å². The van der Waals surface area contributed by atoms with Crippen LogP contribution in [0.4, 0.5) is 0 Å². The number of furan rings is 1. The van der Waals surface area contributed by atoms with Crippen molar-refractivity contribution in [3.8, 4) is 0 Å². The lowest BCUT2D eigenvalue weighted by atomic mass is 10.2. The van der Waals surface area contributed by atoms with Gasteiger partial charge in [-0.3, -0.25) is 9.59 Å². The molecule has 1 aromatic carbocycles. The van der Waals surface area contributed by atoms with E-state index >= 15 is 0 Å². The van der Waals surface area contributed by atoms with E-state index in [0.717, 1.165) is 16.8 Å². The second kappa shape index (κ2) is 6.99. The molecule has 0 aliphatic rings. The van der Waals surface area contributed by atoms with Gasteiger partial charge >= 0.3 is 0 Å². The molecule has 0 radical (unpaired) electrons. The van der Waals surface area contributed by atoms with Crippen LogP contribution in [-0.2, 0) is 13.1 Å². The number of carbonyl (C=O) groups excluding carboxylic acids is 1. The lowest BCUT2D eigenvalue weighted by Gasteiger charge is -2.13. The van der Waals surface area contributed by atoms with E-state index in [0.29, 0.717) is 23.7 Å². The SMILES string of the molecule is Cc1ccc(CNC(=O)c2cc3c(=O)n(CC(C)C)c4ccccc4n3n2)o1. The van der Waals surface area contributed by atoms with Crippen molar-refractivity contribution in [2.24, 2.45) is 5.92 Å². The monoisotopic (exact) mass is 378 g/mol. The highest BCUT2D eigenvalue weighted by atomic mass is 16.3. The lowest BCUT2D eigenvalue weighted by Crippen LogP contribution is -2.25. The Hall–Kier alpha value is -3.35. The average Bonchev–Trinajstić information content (AvgIpc) is 3.30. The zero-order valence-electron chi connectivity index (χ0n) is 16.1. The molecule has 1 N–H and O–H groups in total. The third-order valence-electron chi connectivity index (χ3n) is 4.57. The maximum absolute atomic E-state index is 13.1. The Bertz CT molecular complexity index is 1230. The van der Waals surface area contributed by atoms with E-state index in [1.165, 1.54) is 0 Å². The molecule has 28 heavy (non-hydrogen) atoms. The van der Waals surface area contributed by atoms with Gasteiger partial charge < -0.3 is 14.3 Å². The quantitative estimate of drug-likeness (QED) is 0.578. The Kier molecular flexibility index (Phi) is 4.50. The van der Waals surface area contributed by atoms with Crippen LogP contribution in [0.3, 0.4) is 0 Å². The predicted molar refractivity (Wildman–Crippen MR) is 106 cm³/mol. The maximum atomic E-state index is 13.1. The Morgan fingerprint density at radius 1 is 1.14 bits per heavy atom. The molecular formula is C21H22N4O3. The molecule has 3 heterocycles. The summed E-state index contributed by atoms with van der Waals surface area (Å²) in [5.41, 5.74) is 2.03. The van der Waals surface area contributed by atoms with Gasteiger partial charge in [-0.25, -0.2) is 4.52 Å². The standard InChI is InChI=1S/C21H22N4O3/c1-13(2)12-24-17-6-4-5-7-18(17)25-19(21(24)27)10-16(23-25)20(26)22-11-15-9-8-14(3)28-15/h4-10,13H,11-12H2,1-3H3,(H,22,26). The van der Waals surface area contributed by atoms with Crippen molar-refractivity contribution < 1.29 is 9.21 Å². The first kappa shape index (κ1) is 18.0. The first-order chi connectivity index (χ1) is 13.4. The zero-order chi connectivity index (χ0) is 19.8. The van der Waals surface area contributed by atoms with E-state index in [2.05, 4.69) is 24.3 Å². The Morgan fingerprint density at radius 3 is 2.57 bits per heavy atom. The van der Waals surface area contributed by atoms with Gasteiger partial charge in [-0.1, -0.05) is 26.0 Å². The van der Waals surface area contributed by atoms with Gasteiger partial charge in [-0.2, -0.15) is 5.10 Å². The summed E-state index contributed by atoms with van der Waals surface area (Å²) in [5.74, 6) is 1.41. The number of hydrogen-bond acceptors (Lipinski definition) is 4. The summed E-state index contributed by atoms with van der Waals surface area (Å²) in [5, 5.41) is 7.19. The summed E-state index contributed by atoms with van der Waals surface area (Å²) < 4.78 is 8.77. The Balaban J connectivity index is 1.75. The number of amides is 1. The number of aromatic nitrogens is 3. The molecule has 4 rings (SSSR count). The molecule has 0 aliphatic carbocycles. The average molecular weight is 378 g/mol. The second-order valence-corrected chi connectivity index (χ2v) is 7.32. The van der Waals surface area contributed by atoms with E-state index in [9.17, 15) is 9.59 Å². The molecule has 1 amide bonds. The fraction of sp³-hybridized carbons (Fsp3) is 0.286. The van der Waals surface area contributed by atoms with Gasteiger partial charge in [-0.15, -0.1) is 0 Å². The molecule has 7 heteroatoms. The van der Waals surface area contributed by atoms with Crippen molar-refractivity contribution in [1.29, 1.82) is 0 Å². The molecule has 0 unspecified atom stereocenters. The van der Waals surface area contributed by atoms with Gasteiger partial charge in [0.2, 0.25) is 0 Å². The van der Waals surface area contributed by atoms with Crippen LogP contribution in [0.15, 0.2) is 51.7 Å². The van der Waals surface area contributed by atoms with Crippen LogP contribution >= 0.6 is 0 Å². The van der Waals surface area contributed by atoms with Gasteiger partial charge in [0.25, 0.3) is 11.5 Å². The van der Waals surface area contributed by atoms with Gasteiger partial charge in [0.1, 0.15) is 17.0 Å². The number of rotatable bonds is 5. The second-order valence-electron chi connectivity index (χ2n) is 7.32. The van der Waals surface area contributed by atoms with Crippen molar-refractivity contribution in [3.63, 3.8) is 0 Å². The fourth-order valence-electron chi connectivity index (χ4n) is 3.33. The van der Waals surface area contributed by atoms with E-state index < -0.39 is 0 Å². The summed E-state index contributed by atoms with van der Waals surface area (Å²) in [6.07, 6.45) is 0. The third-order valence-corrected chi connectivity index (χ3v) is 4.57. The number of hydrogen-bond donors (Lipinski definition) is 1. The molecule has 0 fully saturated rings. The normalized spacial score (nSPS) is 11.6.